The second kappa shape index (κ2) is 5.80. The number of fused-ring (bicyclic) bond motifs is 4. The highest BCUT2D eigenvalue weighted by Crippen LogP contribution is 2.58. The van der Waals surface area contributed by atoms with Crippen molar-refractivity contribution in [3.63, 3.8) is 0 Å². The third-order valence-electron chi connectivity index (χ3n) is 6.13. The van der Waals surface area contributed by atoms with E-state index in [1.165, 1.54) is 25.3 Å². The van der Waals surface area contributed by atoms with E-state index in [4.69, 9.17) is 4.74 Å². The monoisotopic (exact) mass is 382 g/mol. The van der Waals surface area contributed by atoms with Crippen molar-refractivity contribution >= 4 is 16.8 Å². The lowest BCUT2D eigenvalue weighted by atomic mass is 9.83. The van der Waals surface area contributed by atoms with Crippen molar-refractivity contribution in [1.82, 2.24) is 9.88 Å². The zero-order valence-electron chi connectivity index (χ0n) is 15.7. The van der Waals surface area contributed by atoms with Crippen LogP contribution in [-0.4, -0.2) is 29.4 Å². The van der Waals surface area contributed by atoms with Crippen molar-refractivity contribution < 1.29 is 18.3 Å². The predicted molar refractivity (Wildman–Crippen MR) is 101 cm³/mol. The average molecular weight is 382 g/mol. The van der Waals surface area contributed by atoms with Gasteiger partial charge in [0.05, 0.1) is 7.11 Å². The van der Waals surface area contributed by atoms with Crippen LogP contribution in [0.4, 0.5) is 8.78 Å². The van der Waals surface area contributed by atoms with Crippen molar-refractivity contribution in [3.8, 4) is 5.75 Å². The van der Waals surface area contributed by atoms with Gasteiger partial charge in [-0.1, -0.05) is 0 Å². The first-order valence-corrected chi connectivity index (χ1v) is 9.36. The molecule has 4 nitrogen and oxygen atoms in total. The lowest BCUT2D eigenvalue weighted by Crippen LogP contribution is -2.44. The van der Waals surface area contributed by atoms with Gasteiger partial charge in [0.15, 0.2) is 0 Å². The number of hydrogen-bond donors (Lipinski definition) is 1. The standard InChI is InChI=1S/C22H20F2N2O2/c1-12(27)26-11-22(7-8-22)19-16-9-13(23)4-6-17(16)25-20(19)21(26)15-5-3-14(24)10-18(15)28-2/h3-6,9-10,21,25H,7-8,11H2,1-2H3. The largest absolute Gasteiger partial charge is 0.496 e. The lowest BCUT2D eigenvalue weighted by molar-refractivity contribution is -0.131. The molecular weight excluding hydrogens is 362 g/mol. The summed E-state index contributed by atoms with van der Waals surface area (Å²) in [5.41, 5.74) is 3.36. The van der Waals surface area contributed by atoms with Crippen molar-refractivity contribution in [2.45, 2.75) is 31.2 Å². The smallest absolute Gasteiger partial charge is 0.220 e. The number of halogens is 2. The first-order valence-electron chi connectivity index (χ1n) is 9.36. The van der Waals surface area contributed by atoms with Crippen LogP contribution < -0.4 is 4.74 Å². The minimum absolute atomic E-state index is 0.0573. The molecule has 5 rings (SSSR count). The molecule has 1 atom stereocenters. The van der Waals surface area contributed by atoms with E-state index in [0.717, 1.165) is 35.0 Å². The van der Waals surface area contributed by atoms with Crippen LogP contribution in [0, 0.1) is 11.6 Å². The fraction of sp³-hybridized carbons (Fsp3) is 0.318. The number of amides is 1. The van der Waals surface area contributed by atoms with Crippen LogP contribution in [0.5, 0.6) is 5.75 Å². The van der Waals surface area contributed by atoms with E-state index in [0.29, 0.717) is 17.9 Å². The number of rotatable bonds is 2. The van der Waals surface area contributed by atoms with Crippen LogP contribution in [-0.2, 0) is 10.2 Å². The van der Waals surface area contributed by atoms with Crippen LogP contribution in [0.2, 0.25) is 0 Å². The van der Waals surface area contributed by atoms with Crippen LogP contribution in [0.3, 0.4) is 0 Å². The summed E-state index contributed by atoms with van der Waals surface area (Å²) in [6.45, 7) is 2.11. The van der Waals surface area contributed by atoms with Crippen LogP contribution in [0.1, 0.15) is 42.6 Å². The van der Waals surface area contributed by atoms with Crippen LogP contribution in [0.25, 0.3) is 10.9 Å². The molecule has 0 saturated heterocycles. The summed E-state index contributed by atoms with van der Waals surface area (Å²) in [5, 5.41) is 0.863. The molecule has 6 heteroatoms. The number of benzene rings is 2. The van der Waals surface area contributed by atoms with E-state index in [1.807, 2.05) is 4.90 Å². The summed E-state index contributed by atoms with van der Waals surface area (Å²) in [6.07, 6.45) is 1.92. The molecule has 2 heterocycles. The zero-order valence-corrected chi connectivity index (χ0v) is 15.7. The van der Waals surface area contributed by atoms with Gasteiger partial charge < -0.3 is 14.6 Å². The number of carbonyl (C=O) groups excluding carboxylic acids is 1. The third kappa shape index (κ3) is 2.37. The van der Waals surface area contributed by atoms with Gasteiger partial charge in [-0.15, -0.1) is 0 Å². The number of carbonyl (C=O) groups is 1. The molecule has 28 heavy (non-hydrogen) atoms. The Hall–Kier alpha value is -2.89. The Kier molecular flexibility index (Phi) is 3.57. The third-order valence-corrected chi connectivity index (χ3v) is 6.13. The molecule has 1 aliphatic heterocycles. The minimum atomic E-state index is -0.440. The summed E-state index contributed by atoms with van der Waals surface area (Å²) < 4.78 is 33.2. The quantitative estimate of drug-likeness (QED) is 0.712. The summed E-state index contributed by atoms with van der Waals surface area (Å²) in [7, 11) is 1.49. The van der Waals surface area contributed by atoms with Gasteiger partial charge >= 0.3 is 0 Å². The predicted octanol–water partition coefficient (Wildman–Crippen LogP) is 4.44. The summed E-state index contributed by atoms with van der Waals surface area (Å²) in [4.78, 5) is 17.8. The van der Waals surface area contributed by atoms with Crippen molar-refractivity contribution in [3.05, 3.63) is 64.9 Å². The van der Waals surface area contributed by atoms with Crippen LogP contribution >= 0.6 is 0 Å². The normalized spacial score (nSPS) is 19.7. The Labute approximate surface area is 161 Å². The number of nitrogens with one attached hydrogen (secondary N) is 1. The Balaban J connectivity index is 1.81. The van der Waals surface area contributed by atoms with E-state index >= 15 is 0 Å². The summed E-state index contributed by atoms with van der Waals surface area (Å²) >= 11 is 0. The first-order chi connectivity index (χ1) is 13.4. The second-order valence-electron chi connectivity index (χ2n) is 7.82. The SMILES string of the molecule is COc1cc(F)ccc1C1c2[nH]c3ccc(F)cc3c2C2(CC2)CN1C(C)=O. The molecule has 3 aromatic rings. The summed E-state index contributed by atoms with van der Waals surface area (Å²) in [6, 6.07) is 8.65. The number of H-pyrrole nitrogens is 1. The van der Waals surface area contributed by atoms with E-state index in [1.54, 1.807) is 25.1 Å². The molecule has 1 aliphatic carbocycles. The average Bonchev–Trinajstić information content (AvgIpc) is 3.32. The zero-order chi connectivity index (χ0) is 19.6. The molecule has 2 aromatic carbocycles. The lowest BCUT2D eigenvalue weighted by Gasteiger charge is -2.40. The second-order valence-corrected chi connectivity index (χ2v) is 7.82. The minimum Gasteiger partial charge on any atom is -0.496 e. The Morgan fingerprint density at radius 1 is 1.18 bits per heavy atom. The first kappa shape index (κ1) is 17.2. The molecule has 1 saturated carbocycles. The van der Waals surface area contributed by atoms with E-state index in [-0.39, 0.29) is 17.1 Å². The highest BCUT2D eigenvalue weighted by molar-refractivity contribution is 5.88. The number of ether oxygens (including phenoxy) is 1. The molecule has 1 aromatic heterocycles. The maximum absolute atomic E-state index is 14.0. The molecule has 2 aliphatic rings. The maximum Gasteiger partial charge on any atom is 0.220 e. The molecule has 1 spiro atoms. The number of aromatic amines is 1. The highest BCUT2D eigenvalue weighted by Gasteiger charge is 2.54. The van der Waals surface area contributed by atoms with Gasteiger partial charge in [-0.3, -0.25) is 4.79 Å². The Morgan fingerprint density at radius 3 is 2.57 bits per heavy atom. The van der Waals surface area contributed by atoms with Gasteiger partial charge in [0.1, 0.15) is 23.4 Å². The fourth-order valence-corrected chi connectivity index (χ4v) is 4.70. The Bertz CT molecular complexity index is 1120. The van der Waals surface area contributed by atoms with Crippen molar-refractivity contribution in [2.24, 2.45) is 0 Å². The number of methoxy groups -OCH3 is 1. The molecule has 144 valence electrons. The van der Waals surface area contributed by atoms with Gasteiger partial charge in [-0.2, -0.15) is 0 Å². The van der Waals surface area contributed by atoms with Gasteiger partial charge in [-0.05, 0) is 48.7 Å². The van der Waals surface area contributed by atoms with Gasteiger partial charge in [0.2, 0.25) is 5.91 Å². The Morgan fingerprint density at radius 2 is 1.89 bits per heavy atom. The van der Waals surface area contributed by atoms with Gasteiger partial charge in [-0.25, -0.2) is 8.78 Å². The van der Waals surface area contributed by atoms with Gasteiger partial charge in [0.25, 0.3) is 0 Å². The van der Waals surface area contributed by atoms with Crippen molar-refractivity contribution in [2.75, 3.05) is 13.7 Å². The number of nitrogens with zero attached hydrogens (tertiary/aromatic N) is 1. The van der Waals surface area contributed by atoms with Crippen LogP contribution in [0.15, 0.2) is 36.4 Å². The molecule has 1 amide bonds. The van der Waals surface area contributed by atoms with E-state index in [9.17, 15) is 13.6 Å². The molecule has 1 unspecified atom stereocenters. The number of hydrogen-bond acceptors (Lipinski definition) is 2. The fourth-order valence-electron chi connectivity index (χ4n) is 4.70. The molecule has 1 N–H and O–H groups in total. The number of aromatic nitrogens is 1. The molecule has 0 bridgehead atoms. The molecule has 1 fully saturated rings. The van der Waals surface area contributed by atoms with Crippen molar-refractivity contribution in [1.29, 1.82) is 0 Å². The highest BCUT2D eigenvalue weighted by atomic mass is 19.1. The topological polar surface area (TPSA) is 45.3 Å². The van der Waals surface area contributed by atoms with E-state index in [2.05, 4.69) is 4.98 Å². The molecular formula is C22H20F2N2O2. The maximum atomic E-state index is 14.0. The molecule has 0 radical (unpaired) electrons. The van der Waals surface area contributed by atoms with E-state index < -0.39 is 11.9 Å². The van der Waals surface area contributed by atoms with Gasteiger partial charge in [0, 0.05) is 47.1 Å². The summed E-state index contributed by atoms with van der Waals surface area (Å²) in [5.74, 6) is -0.352.